The Bertz CT molecular complexity index is 433. The van der Waals surface area contributed by atoms with E-state index in [1.165, 1.54) is 5.56 Å². The van der Waals surface area contributed by atoms with Gasteiger partial charge in [0, 0.05) is 13.1 Å². The molecule has 2 nitrogen and oxygen atoms in total. The highest BCUT2D eigenvalue weighted by Gasteiger charge is 2.05. The highest BCUT2D eigenvalue weighted by Crippen LogP contribution is 2.10. The van der Waals surface area contributed by atoms with Crippen LogP contribution in [0.4, 0.5) is 0 Å². The van der Waals surface area contributed by atoms with Crippen molar-refractivity contribution in [2.45, 2.75) is 12.6 Å². The van der Waals surface area contributed by atoms with Gasteiger partial charge in [0.05, 0.1) is 6.10 Å². The van der Waals surface area contributed by atoms with Crippen LogP contribution in [0.5, 0.6) is 0 Å². The maximum absolute atomic E-state index is 9.94. The topological polar surface area (TPSA) is 32.3 Å². The minimum absolute atomic E-state index is 0. The van der Waals surface area contributed by atoms with E-state index in [1.807, 2.05) is 48.5 Å². The Kier molecular flexibility index (Phi) is 6.44. The normalized spacial score (nSPS) is 11.6. The van der Waals surface area contributed by atoms with Crippen LogP contribution in [0.1, 0.15) is 17.2 Å². The van der Waals surface area contributed by atoms with Crippen LogP contribution in [0.25, 0.3) is 0 Å². The summed E-state index contributed by atoms with van der Waals surface area (Å²) in [6, 6.07) is 19.9. The SMILES string of the molecule is Cl.OC(CNCc1ccccc1)c1ccccc1. The van der Waals surface area contributed by atoms with Crippen molar-refractivity contribution < 1.29 is 5.11 Å². The summed E-state index contributed by atoms with van der Waals surface area (Å²) < 4.78 is 0. The minimum atomic E-state index is -0.445. The predicted molar refractivity (Wildman–Crippen MR) is 76.8 cm³/mol. The molecule has 3 heteroatoms. The Labute approximate surface area is 114 Å². The molecule has 0 heterocycles. The number of rotatable bonds is 5. The van der Waals surface area contributed by atoms with Crippen LogP contribution in [0.2, 0.25) is 0 Å². The summed E-state index contributed by atoms with van der Waals surface area (Å²) in [5.74, 6) is 0. The summed E-state index contributed by atoms with van der Waals surface area (Å²) in [5.41, 5.74) is 2.18. The fourth-order valence-electron chi connectivity index (χ4n) is 1.74. The minimum Gasteiger partial charge on any atom is -0.387 e. The van der Waals surface area contributed by atoms with E-state index in [4.69, 9.17) is 0 Å². The van der Waals surface area contributed by atoms with Gasteiger partial charge in [-0.05, 0) is 11.1 Å². The molecule has 0 aliphatic heterocycles. The van der Waals surface area contributed by atoms with Gasteiger partial charge < -0.3 is 10.4 Å². The molecule has 2 N–H and O–H groups in total. The molecule has 1 atom stereocenters. The molecule has 96 valence electrons. The van der Waals surface area contributed by atoms with Crippen LogP contribution in [0.15, 0.2) is 60.7 Å². The molecule has 0 aliphatic rings. The van der Waals surface area contributed by atoms with Crippen LogP contribution in [-0.4, -0.2) is 11.7 Å². The van der Waals surface area contributed by atoms with Crippen LogP contribution < -0.4 is 5.32 Å². The first-order valence-corrected chi connectivity index (χ1v) is 5.84. The molecule has 0 saturated carbocycles. The smallest absolute Gasteiger partial charge is 0.0914 e. The average molecular weight is 264 g/mol. The fourth-order valence-corrected chi connectivity index (χ4v) is 1.74. The summed E-state index contributed by atoms with van der Waals surface area (Å²) >= 11 is 0. The number of hydrogen-bond acceptors (Lipinski definition) is 2. The van der Waals surface area contributed by atoms with Gasteiger partial charge >= 0.3 is 0 Å². The molecule has 0 fully saturated rings. The van der Waals surface area contributed by atoms with Crippen molar-refractivity contribution in [3.8, 4) is 0 Å². The van der Waals surface area contributed by atoms with E-state index >= 15 is 0 Å². The van der Waals surface area contributed by atoms with Gasteiger partial charge in [0.15, 0.2) is 0 Å². The second-order valence-electron chi connectivity index (χ2n) is 4.04. The van der Waals surface area contributed by atoms with Crippen LogP contribution in [0, 0.1) is 0 Å². The van der Waals surface area contributed by atoms with Gasteiger partial charge in [-0.15, -0.1) is 12.4 Å². The quantitative estimate of drug-likeness (QED) is 0.869. The maximum Gasteiger partial charge on any atom is 0.0914 e. The van der Waals surface area contributed by atoms with E-state index in [2.05, 4.69) is 17.4 Å². The van der Waals surface area contributed by atoms with Gasteiger partial charge in [-0.25, -0.2) is 0 Å². The van der Waals surface area contributed by atoms with E-state index < -0.39 is 6.10 Å². The molecule has 0 saturated heterocycles. The second kappa shape index (κ2) is 7.88. The Balaban J connectivity index is 0.00000162. The van der Waals surface area contributed by atoms with E-state index in [0.717, 1.165) is 12.1 Å². The zero-order valence-corrected chi connectivity index (χ0v) is 10.9. The monoisotopic (exact) mass is 263 g/mol. The first-order valence-electron chi connectivity index (χ1n) is 5.84. The largest absolute Gasteiger partial charge is 0.387 e. The highest BCUT2D eigenvalue weighted by molar-refractivity contribution is 5.85. The fraction of sp³-hybridized carbons (Fsp3) is 0.200. The van der Waals surface area contributed by atoms with E-state index in [-0.39, 0.29) is 12.4 Å². The molecule has 0 aliphatic carbocycles. The number of benzene rings is 2. The molecule has 0 radical (unpaired) electrons. The molecule has 0 spiro atoms. The standard InChI is InChI=1S/C15H17NO.ClH/c17-15(14-9-5-2-6-10-14)12-16-11-13-7-3-1-4-8-13;/h1-10,15-17H,11-12H2;1H. The van der Waals surface area contributed by atoms with Crippen molar-refractivity contribution in [1.82, 2.24) is 5.32 Å². The van der Waals surface area contributed by atoms with Crippen LogP contribution in [0.3, 0.4) is 0 Å². The highest BCUT2D eigenvalue weighted by atomic mass is 35.5. The number of hydrogen-bond donors (Lipinski definition) is 2. The molecule has 2 rings (SSSR count). The average Bonchev–Trinajstić information content (AvgIpc) is 2.41. The van der Waals surface area contributed by atoms with Crippen molar-refractivity contribution in [1.29, 1.82) is 0 Å². The van der Waals surface area contributed by atoms with Crippen LogP contribution >= 0.6 is 12.4 Å². The van der Waals surface area contributed by atoms with Crippen LogP contribution in [-0.2, 0) is 6.54 Å². The lowest BCUT2D eigenvalue weighted by Gasteiger charge is -2.12. The maximum atomic E-state index is 9.94. The zero-order valence-electron chi connectivity index (χ0n) is 10.1. The Morgan fingerprint density at radius 2 is 1.44 bits per heavy atom. The molecule has 0 amide bonds. The molecular weight excluding hydrogens is 246 g/mol. The molecular formula is C15H18ClNO. The van der Waals surface area contributed by atoms with E-state index in [9.17, 15) is 5.11 Å². The summed E-state index contributed by atoms with van der Waals surface area (Å²) in [6.07, 6.45) is -0.445. The molecule has 2 aromatic carbocycles. The Morgan fingerprint density at radius 1 is 0.889 bits per heavy atom. The Morgan fingerprint density at radius 3 is 2.06 bits per heavy atom. The van der Waals surface area contributed by atoms with Crippen molar-refractivity contribution in [2.75, 3.05) is 6.54 Å². The van der Waals surface area contributed by atoms with Gasteiger partial charge in [-0.1, -0.05) is 60.7 Å². The summed E-state index contributed by atoms with van der Waals surface area (Å²) in [5, 5.41) is 13.2. The molecule has 1 unspecified atom stereocenters. The van der Waals surface area contributed by atoms with Gasteiger partial charge in [0.1, 0.15) is 0 Å². The van der Waals surface area contributed by atoms with Crippen molar-refractivity contribution in [3.63, 3.8) is 0 Å². The summed E-state index contributed by atoms with van der Waals surface area (Å²) in [4.78, 5) is 0. The molecule has 0 bridgehead atoms. The van der Waals surface area contributed by atoms with E-state index in [1.54, 1.807) is 0 Å². The van der Waals surface area contributed by atoms with Crippen molar-refractivity contribution >= 4 is 12.4 Å². The molecule has 0 aromatic heterocycles. The lowest BCUT2D eigenvalue weighted by molar-refractivity contribution is 0.174. The molecule has 18 heavy (non-hydrogen) atoms. The van der Waals surface area contributed by atoms with Crippen molar-refractivity contribution in [2.24, 2.45) is 0 Å². The zero-order chi connectivity index (χ0) is 11.9. The summed E-state index contributed by atoms with van der Waals surface area (Å²) in [7, 11) is 0. The lowest BCUT2D eigenvalue weighted by atomic mass is 10.1. The lowest BCUT2D eigenvalue weighted by Crippen LogP contribution is -2.20. The second-order valence-corrected chi connectivity index (χ2v) is 4.04. The number of aliphatic hydroxyl groups excluding tert-OH is 1. The van der Waals surface area contributed by atoms with Gasteiger partial charge in [-0.3, -0.25) is 0 Å². The summed E-state index contributed by atoms with van der Waals surface area (Å²) in [6.45, 7) is 1.35. The van der Waals surface area contributed by atoms with Gasteiger partial charge in [0.2, 0.25) is 0 Å². The first-order chi connectivity index (χ1) is 8.36. The number of aliphatic hydroxyl groups is 1. The van der Waals surface area contributed by atoms with Crippen molar-refractivity contribution in [3.05, 3.63) is 71.8 Å². The van der Waals surface area contributed by atoms with Gasteiger partial charge in [-0.2, -0.15) is 0 Å². The number of halogens is 1. The Hall–Kier alpha value is -1.35. The predicted octanol–water partition coefficient (Wildman–Crippen LogP) is 2.93. The van der Waals surface area contributed by atoms with E-state index in [0.29, 0.717) is 6.54 Å². The first kappa shape index (κ1) is 14.7. The third-order valence-electron chi connectivity index (χ3n) is 2.69. The third-order valence-corrected chi connectivity index (χ3v) is 2.69. The van der Waals surface area contributed by atoms with Gasteiger partial charge in [0.25, 0.3) is 0 Å². The number of nitrogens with one attached hydrogen (secondary N) is 1. The molecule has 2 aromatic rings. The third kappa shape index (κ3) is 4.49.